The summed E-state index contributed by atoms with van der Waals surface area (Å²) in [7, 11) is 0. The van der Waals surface area contributed by atoms with E-state index in [9.17, 15) is 0 Å². The van der Waals surface area contributed by atoms with E-state index in [1.807, 2.05) is 0 Å². The summed E-state index contributed by atoms with van der Waals surface area (Å²) in [6.07, 6.45) is 3.76. The van der Waals surface area contributed by atoms with Crippen LogP contribution in [0.1, 0.15) is 40.0 Å². The van der Waals surface area contributed by atoms with Crippen molar-refractivity contribution in [1.82, 2.24) is 0 Å². The number of unbranched alkanes of at least 4 members (excludes halogenated alkanes) is 1. The second kappa shape index (κ2) is 4.56. The van der Waals surface area contributed by atoms with Gasteiger partial charge in [-0.1, -0.05) is 0 Å². The molecule has 0 aliphatic rings. The van der Waals surface area contributed by atoms with Gasteiger partial charge in [-0.25, -0.2) is 0 Å². The molecule has 2 radical (unpaired) electrons. The van der Waals surface area contributed by atoms with E-state index in [1.54, 1.807) is 0 Å². The second-order valence-corrected chi connectivity index (χ2v) is 3.65. The fraction of sp³-hybridized carbons (Fsp3) is 1.00. The first-order valence-electron chi connectivity index (χ1n) is 3.50. The molecule has 0 spiro atoms. The van der Waals surface area contributed by atoms with Crippen molar-refractivity contribution in [2.45, 2.75) is 45.6 Å². The van der Waals surface area contributed by atoms with Gasteiger partial charge in [0, 0.05) is 0 Å². The van der Waals surface area contributed by atoms with Gasteiger partial charge in [0.15, 0.2) is 0 Å². The molecule has 0 aromatic rings. The van der Waals surface area contributed by atoms with Crippen LogP contribution in [0.4, 0.5) is 0 Å². The van der Waals surface area contributed by atoms with Gasteiger partial charge in [-0.3, -0.25) is 0 Å². The normalized spacial score (nSPS) is 12.0. The van der Waals surface area contributed by atoms with Crippen LogP contribution in [-0.4, -0.2) is 28.5 Å². The fourth-order valence-corrected chi connectivity index (χ4v) is 0.998. The summed E-state index contributed by atoms with van der Waals surface area (Å²) >= 11 is 0.922. The molecule has 0 rings (SSSR count). The van der Waals surface area contributed by atoms with E-state index in [4.69, 9.17) is 3.07 Å². The van der Waals surface area contributed by atoms with Crippen LogP contribution in [0, 0.1) is 0 Å². The van der Waals surface area contributed by atoms with Crippen LogP contribution in [0.25, 0.3) is 0 Å². The van der Waals surface area contributed by atoms with Gasteiger partial charge in [0.05, 0.1) is 0 Å². The molecule has 0 unspecified atom stereocenters. The number of hydrogen-bond acceptors (Lipinski definition) is 1. The molecule has 0 atom stereocenters. The zero-order valence-corrected chi connectivity index (χ0v) is 9.90. The summed E-state index contributed by atoms with van der Waals surface area (Å²) in [4.78, 5) is 0. The van der Waals surface area contributed by atoms with Crippen molar-refractivity contribution in [3.63, 3.8) is 0 Å². The van der Waals surface area contributed by atoms with E-state index in [1.165, 1.54) is 19.3 Å². The molecule has 0 saturated carbocycles. The molecule has 0 aliphatic carbocycles. The molecule has 0 saturated heterocycles. The molecule has 0 bridgehead atoms. The Labute approximate surface area is 71.8 Å². The van der Waals surface area contributed by atoms with Crippen molar-refractivity contribution >= 4 is 22.9 Å². The quantitative estimate of drug-likeness (QED) is 0.675. The minimum absolute atomic E-state index is 0.151. The van der Waals surface area contributed by atoms with Crippen LogP contribution in [-0.2, 0) is 3.07 Å². The molecule has 0 amide bonds. The van der Waals surface area contributed by atoms with Gasteiger partial charge in [-0.15, -0.1) is 0 Å². The van der Waals surface area contributed by atoms with E-state index < -0.39 is 0 Å². The molecule has 0 aromatic carbocycles. The standard InChI is InChI=1S/C7H15O.Sn.H/c1-4-5-6-7(2,3)8;;/h4-6H2,1-3H3;;/q-1;+1;. The zero-order valence-electron chi connectivity index (χ0n) is 6.61. The van der Waals surface area contributed by atoms with Crippen LogP contribution < -0.4 is 0 Å². The minimum atomic E-state index is 0.151. The number of rotatable bonds is 4. The summed E-state index contributed by atoms with van der Waals surface area (Å²) in [6.45, 7) is 6.53. The molecule has 0 fully saturated rings. The average molecular weight is 235 g/mol. The molecule has 2 heteroatoms. The molecule has 0 N–H and O–H groups in total. The van der Waals surface area contributed by atoms with Crippen LogP contribution in [0.15, 0.2) is 0 Å². The molecule has 0 aromatic heterocycles. The zero-order chi connectivity index (χ0) is 7.33. The maximum absolute atomic E-state index is 5.37. The van der Waals surface area contributed by atoms with Crippen LogP contribution in [0.5, 0.6) is 0 Å². The monoisotopic (exact) mass is 236 g/mol. The molecular formula is C7H16OSn. The Morgan fingerprint density at radius 2 is 2.00 bits per heavy atom. The summed E-state index contributed by atoms with van der Waals surface area (Å²) in [5, 5.41) is 0. The fourth-order valence-electron chi connectivity index (χ4n) is 0.661. The third-order valence-corrected chi connectivity index (χ3v) is 3.27. The van der Waals surface area contributed by atoms with Gasteiger partial charge >= 0.3 is 71.6 Å². The summed E-state index contributed by atoms with van der Waals surface area (Å²) in [5.41, 5.74) is 0.151. The summed E-state index contributed by atoms with van der Waals surface area (Å²) in [6, 6.07) is 0. The Hall–Kier alpha value is 0.759. The van der Waals surface area contributed by atoms with E-state index in [2.05, 4.69) is 20.8 Å². The van der Waals surface area contributed by atoms with Crippen molar-refractivity contribution in [2.24, 2.45) is 0 Å². The van der Waals surface area contributed by atoms with Gasteiger partial charge < -0.3 is 0 Å². The van der Waals surface area contributed by atoms with Crippen LogP contribution >= 0.6 is 0 Å². The van der Waals surface area contributed by atoms with Crippen LogP contribution in [0.3, 0.4) is 0 Å². The Balaban J connectivity index is 3.33. The molecule has 9 heavy (non-hydrogen) atoms. The number of hydrogen-bond donors (Lipinski definition) is 0. The molecule has 54 valence electrons. The van der Waals surface area contributed by atoms with Crippen molar-refractivity contribution < 1.29 is 3.07 Å². The van der Waals surface area contributed by atoms with E-state index in [-0.39, 0.29) is 5.60 Å². The second-order valence-electron chi connectivity index (χ2n) is 2.98. The third kappa shape index (κ3) is 5.22. The average Bonchev–Trinajstić information content (AvgIpc) is 1.84. The molecule has 1 nitrogen and oxygen atoms in total. The van der Waals surface area contributed by atoms with Crippen LogP contribution in [0.2, 0.25) is 0 Å². The topological polar surface area (TPSA) is 9.23 Å². The first-order valence-corrected chi connectivity index (χ1v) is 4.85. The molecular weight excluding hydrogens is 219 g/mol. The van der Waals surface area contributed by atoms with Crippen molar-refractivity contribution in [1.29, 1.82) is 0 Å². The Morgan fingerprint density at radius 1 is 1.44 bits per heavy atom. The Bertz CT molecular complexity index is 71.3. The van der Waals surface area contributed by atoms with Crippen molar-refractivity contribution in [3.05, 3.63) is 0 Å². The third-order valence-electron chi connectivity index (χ3n) is 1.45. The molecule has 0 heterocycles. The SMILES string of the molecule is CCCCC(C)(C)[O][SnH]. The van der Waals surface area contributed by atoms with Gasteiger partial charge in [0.1, 0.15) is 0 Å². The molecule has 0 aliphatic heterocycles. The maximum atomic E-state index is 5.37. The summed E-state index contributed by atoms with van der Waals surface area (Å²) < 4.78 is 5.37. The Kier molecular flexibility index (Phi) is 4.94. The summed E-state index contributed by atoms with van der Waals surface area (Å²) in [5.74, 6) is 0. The predicted molar refractivity (Wildman–Crippen MR) is 41.8 cm³/mol. The van der Waals surface area contributed by atoms with Gasteiger partial charge in [-0.2, -0.15) is 0 Å². The van der Waals surface area contributed by atoms with Gasteiger partial charge in [-0.05, 0) is 0 Å². The first-order chi connectivity index (χ1) is 4.12. The van der Waals surface area contributed by atoms with Crippen molar-refractivity contribution in [2.75, 3.05) is 0 Å². The van der Waals surface area contributed by atoms with E-state index in [0.717, 1.165) is 22.9 Å². The van der Waals surface area contributed by atoms with Gasteiger partial charge in [0.2, 0.25) is 0 Å². The van der Waals surface area contributed by atoms with Gasteiger partial charge in [0.25, 0.3) is 0 Å². The van der Waals surface area contributed by atoms with E-state index >= 15 is 0 Å². The first kappa shape index (κ1) is 9.76. The van der Waals surface area contributed by atoms with E-state index in [0.29, 0.717) is 0 Å². The Morgan fingerprint density at radius 3 is 2.33 bits per heavy atom. The predicted octanol–water partition coefficient (Wildman–Crippen LogP) is 1.79. The van der Waals surface area contributed by atoms with Crippen molar-refractivity contribution in [3.8, 4) is 0 Å².